The lowest BCUT2D eigenvalue weighted by Crippen LogP contribution is -2.32. The van der Waals surface area contributed by atoms with Crippen molar-refractivity contribution in [3.8, 4) is 5.75 Å². The van der Waals surface area contributed by atoms with Crippen LogP contribution in [0.1, 0.15) is 31.2 Å². The summed E-state index contributed by atoms with van der Waals surface area (Å²) >= 11 is 0. The third-order valence-electron chi connectivity index (χ3n) is 3.98. The molecule has 2 atom stereocenters. The summed E-state index contributed by atoms with van der Waals surface area (Å²) < 4.78 is 13.1. The molecule has 0 bridgehead atoms. The second-order valence-corrected chi connectivity index (χ2v) is 5.44. The molecular formula is C15H22FNO2. The first-order valence-corrected chi connectivity index (χ1v) is 6.99. The van der Waals surface area contributed by atoms with E-state index in [0.29, 0.717) is 18.4 Å². The van der Waals surface area contributed by atoms with Gasteiger partial charge in [-0.3, -0.25) is 0 Å². The van der Waals surface area contributed by atoms with E-state index in [4.69, 9.17) is 0 Å². The van der Waals surface area contributed by atoms with E-state index in [0.717, 1.165) is 31.0 Å². The van der Waals surface area contributed by atoms with E-state index in [1.165, 1.54) is 18.9 Å². The van der Waals surface area contributed by atoms with Gasteiger partial charge in [0, 0.05) is 19.2 Å². The Balaban J connectivity index is 1.82. The summed E-state index contributed by atoms with van der Waals surface area (Å²) in [5, 5.41) is 22.0. The topological polar surface area (TPSA) is 52.5 Å². The minimum absolute atomic E-state index is 0.0392. The Morgan fingerprint density at radius 1 is 1.16 bits per heavy atom. The molecule has 1 saturated carbocycles. The Kier molecular flexibility index (Phi) is 5.16. The van der Waals surface area contributed by atoms with E-state index in [-0.39, 0.29) is 12.4 Å². The number of halogens is 1. The average molecular weight is 267 g/mol. The largest absolute Gasteiger partial charge is 0.508 e. The van der Waals surface area contributed by atoms with Crippen LogP contribution in [0.4, 0.5) is 4.39 Å². The van der Waals surface area contributed by atoms with Crippen LogP contribution in [0.5, 0.6) is 5.75 Å². The van der Waals surface area contributed by atoms with E-state index in [9.17, 15) is 14.6 Å². The van der Waals surface area contributed by atoms with Crippen molar-refractivity contribution < 1.29 is 14.6 Å². The van der Waals surface area contributed by atoms with Crippen LogP contribution in [0, 0.1) is 17.7 Å². The van der Waals surface area contributed by atoms with Gasteiger partial charge in [-0.1, -0.05) is 12.8 Å². The highest BCUT2D eigenvalue weighted by Crippen LogP contribution is 2.29. The fourth-order valence-corrected chi connectivity index (χ4v) is 2.93. The number of rotatable bonds is 5. The van der Waals surface area contributed by atoms with Crippen LogP contribution in [0.15, 0.2) is 18.2 Å². The van der Waals surface area contributed by atoms with Gasteiger partial charge < -0.3 is 15.5 Å². The summed E-state index contributed by atoms with van der Waals surface area (Å²) in [5.74, 6) is 0.438. The standard InChI is InChI=1S/C15H22FNO2/c16-14-5-11(6-15(19)7-14)8-17-9-12-3-1-2-4-13(12)10-18/h5-7,12-13,17-19H,1-4,8-10H2. The van der Waals surface area contributed by atoms with Crippen LogP contribution in [-0.2, 0) is 6.54 Å². The van der Waals surface area contributed by atoms with Gasteiger partial charge in [0.15, 0.2) is 0 Å². The Morgan fingerprint density at radius 3 is 2.58 bits per heavy atom. The van der Waals surface area contributed by atoms with Crippen LogP contribution in [-0.4, -0.2) is 23.4 Å². The quantitative estimate of drug-likeness (QED) is 0.768. The smallest absolute Gasteiger partial charge is 0.127 e. The minimum Gasteiger partial charge on any atom is -0.508 e. The van der Waals surface area contributed by atoms with E-state index >= 15 is 0 Å². The van der Waals surface area contributed by atoms with Crippen molar-refractivity contribution in [2.45, 2.75) is 32.2 Å². The SMILES string of the molecule is OCC1CCCCC1CNCc1cc(O)cc(F)c1. The van der Waals surface area contributed by atoms with Crippen molar-refractivity contribution in [1.29, 1.82) is 0 Å². The Hall–Kier alpha value is -1.13. The summed E-state index contributed by atoms with van der Waals surface area (Å²) in [4.78, 5) is 0. The van der Waals surface area contributed by atoms with Crippen molar-refractivity contribution in [3.05, 3.63) is 29.6 Å². The number of aliphatic hydroxyl groups is 1. The molecule has 1 aromatic carbocycles. The van der Waals surface area contributed by atoms with Gasteiger partial charge in [0.2, 0.25) is 0 Å². The average Bonchev–Trinajstić information content (AvgIpc) is 2.38. The first-order valence-electron chi connectivity index (χ1n) is 6.99. The molecule has 0 heterocycles. The van der Waals surface area contributed by atoms with Crippen molar-refractivity contribution in [2.75, 3.05) is 13.2 Å². The van der Waals surface area contributed by atoms with Crippen LogP contribution < -0.4 is 5.32 Å². The molecule has 2 unspecified atom stereocenters. The molecule has 19 heavy (non-hydrogen) atoms. The lowest BCUT2D eigenvalue weighted by molar-refractivity contribution is 0.133. The highest BCUT2D eigenvalue weighted by molar-refractivity contribution is 5.28. The molecule has 1 fully saturated rings. The number of nitrogens with one attached hydrogen (secondary N) is 1. The molecule has 3 nitrogen and oxygen atoms in total. The Bertz CT molecular complexity index is 391. The molecule has 2 rings (SSSR count). The molecule has 0 aliphatic heterocycles. The van der Waals surface area contributed by atoms with Gasteiger partial charge in [0.25, 0.3) is 0 Å². The first-order chi connectivity index (χ1) is 9.19. The van der Waals surface area contributed by atoms with Gasteiger partial charge in [-0.15, -0.1) is 0 Å². The highest BCUT2D eigenvalue weighted by atomic mass is 19.1. The molecule has 1 aliphatic rings. The van der Waals surface area contributed by atoms with Crippen molar-refractivity contribution in [1.82, 2.24) is 5.32 Å². The minimum atomic E-state index is -0.414. The van der Waals surface area contributed by atoms with Crippen LogP contribution in [0.25, 0.3) is 0 Å². The van der Waals surface area contributed by atoms with Gasteiger partial charge in [-0.25, -0.2) is 4.39 Å². The monoisotopic (exact) mass is 267 g/mol. The molecule has 0 radical (unpaired) electrons. The third-order valence-corrected chi connectivity index (χ3v) is 3.98. The molecule has 0 aromatic heterocycles. The zero-order chi connectivity index (χ0) is 13.7. The molecule has 106 valence electrons. The molecule has 3 N–H and O–H groups in total. The summed E-state index contributed by atoms with van der Waals surface area (Å²) in [7, 11) is 0. The van der Waals surface area contributed by atoms with E-state index < -0.39 is 5.82 Å². The molecule has 1 aliphatic carbocycles. The predicted octanol–water partition coefficient (Wildman–Crippen LogP) is 2.42. The normalized spacial score (nSPS) is 23.5. The fourth-order valence-electron chi connectivity index (χ4n) is 2.93. The number of benzene rings is 1. The van der Waals surface area contributed by atoms with Crippen LogP contribution >= 0.6 is 0 Å². The maximum Gasteiger partial charge on any atom is 0.127 e. The zero-order valence-electron chi connectivity index (χ0n) is 11.1. The summed E-state index contributed by atoms with van der Waals surface area (Å²) in [5.41, 5.74) is 0.744. The van der Waals surface area contributed by atoms with Crippen molar-refractivity contribution >= 4 is 0 Å². The maximum absolute atomic E-state index is 13.1. The van der Waals surface area contributed by atoms with Crippen molar-refractivity contribution in [3.63, 3.8) is 0 Å². The second-order valence-electron chi connectivity index (χ2n) is 5.44. The zero-order valence-corrected chi connectivity index (χ0v) is 11.1. The summed E-state index contributed by atoms with van der Waals surface area (Å²) in [6.45, 7) is 1.63. The fraction of sp³-hybridized carbons (Fsp3) is 0.600. The molecule has 1 aromatic rings. The van der Waals surface area contributed by atoms with E-state index in [1.807, 2.05) is 0 Å². The number of aliphatic hydroxyl groups excluding tert-OH is 1. The number of phenols is 1. The van der Waals surface area contributed by atoms with Gasteiger partial charge in [0.05, 0.1) is 0 Å². The summed E-state index contributed by atoms with van der Waals surface area (Å²) in [6.07, 6.45) is 4.68. The van der Waals surface area contributed by atoms with Gasteiger partial charge in [-0.2, -0.15) is 0 Å². The van der Waals surface area contributed by atoms with Crippen molar-refractivity contribution in [2.24, 2.45) is 11.8 Å². The Labute approximate surface area is 113 Å². The third kappa shape index (κ3) is 4.18. The number of hydrogen-bond acceptors (Lipinski definition) is 3. The lowest BCUT2D eigenvalue weighted by atomic mass is 9.79. The van der Waals surface area contributed by atoms with E-state index in [1.54, 1.807) is 6.07 Å². The number of aromatic hydroxyl groups is 1. The molecule has 0 saturated heterocycles. The van der Waals surface area contributed by atoms with E-state index in [2.05, 4.69) is 5.32 Å². The maximum atomic E-state index is 13.1. The highest BCUT2D eigenvalue weighted by Gasteiger charge is 2.23. The van der Waals surface area contributed by atoms with Crippen LogP contribution in [0.2, 0.25) is 0 Å². The number of phenolic OH excluding ortho intramolecular Hbond substituents is 1. The first kappa shape index (κ1) is 14.3. The van der Waals surface area contributed by atoms with Crippen LogP contribution in [0.3, 0.4) is 0 Å². The number of hydrogen-bond donors (Lipinski definition) is 3. The predicted molar refractivity (Wildman–Crippen MR) is 72.3 cm³/mol. The molecule has 0 spiro atoms. The lowest BCUT2D eigenvalue weighted by Gasteiger charge is -2.30. The molecule has 4 heteroatoms. The molecular weight excluding hydrogens is 245 g/mol. The van der Waals surface area contributed by atoms with Gasteiger partial charge in [0.1, 0.15) is 11.6 Å². The second kappa shape index (κ2) is 6.87. The van der Waals surface area contributed by atoms with Gasteiger partial charge in [-0.05, 0) is 48.9 Å². The van der Waals surface area contributed by atoms with Gasteiger partial charge >= 0.3 is 0 Å². The molecule has 0 amide bonds. The Morgan fingerprint density at radius 2 is 1.89 bits per heavy atom. The summed E-state index contributed by atoms with van der Waals surface area (Å²) in [6, 6.07) is 4.10.